The first-order valence-electron chi connectivity index (χ1n) is 9.54. The van der Waals surface area contributed by atoms with E-state index >= 15 is 0 Å². The Kier molecular flexibility index (Phi) is 6.37. The fourth-order valence-corrected chi connectivity index (χ4v) is 3.11. The lowest BCUT2D eigenvalue weighted by Gasteiger charge is -2.18. The van der Waals surface area contributed by atoms with Gasteiger partial charge in [0.15, 0.2) is 0 Å². The molecule has 5 nitrogen and oxygen atoms in total. The molecule has 5 heteroatoms. The van der Waals surface area contributed by atoms with E-state index in [2.05, 4.69) is 47.3 Å². The van der Waals surface area contributed by atoms with Crippen molar-refractivity contribution in [2.24, 2.45) is 0 Å². The third-order valence-corrected chi connectivity index (χ3v) is 4.82. The number of aromatic nitrogens is 2. The van der Waals surface area contributed by atoms with Gasteiger partial charge in [-0.2, -0.15) is 0 Å². The lowest BCUT2D eigenvalue weighted by atomic mass is 10.1. The summed E-state index contributed by atoms with van der Waals surface area (Å²) in [5, 5.41) is 3.47. The first kappa shape index (κ1) is 19.5. The van der Waals surface area contributed by atoms with Crippen LogP contribution < -0.4 is 5.32 Å². The second-order valence-electron chi connectivity index (χ2n) is 6.85. The van der Waals surface area contributed by atoms with Crippen molar-refractivity contribution in [1.29, 1.82) is 0 Å². The van der Waals surface area contributed by atoms with Gasteiger partial charge in [0.25, 0.3) is 5.91 Å². The number of nitrogens with one attached hydrogen (secondary N) is 1. The van der Waals surface area contributed by atoms with Crippen LogP contribution >= 0.6 is 0 Å². The van der Waals surface area contributed by atoms with Gasteiger partial charge in [-0.25, -0.2) is 0 Å². The maximum Gasteiger partial charge on any atom is 0.272 e. The van der Waals surface area contributed by atoms with Crippen LogP contribution in [0.3, 0.4) is 0 Å². The number of carbonyl (C=O) groups excluding carboxylic acids is 1. The Balaban J connectivity index is 1.71. The quantitative estimate of drug-likeness (QED) is 0.666. The molecular weight excluding hydrogens is 348 g/mol. The molecule has 2 heterocycles. The Bertz CT molecular complexity index is 940. The van der Waals surface area contributed by atoms with Gasteiger partial charge in [0.05, 0.1) is 0 Å². The lowest BCUT2D eigenvalue weighted by molar-refractivity contribution is 0.0791. The fourth-order valence-electron chi connectivity index (χ4n) is 3.11. The van der Waals surface area contributed by atoms with E-state index in [1.165, 1.54) is 11.1 Å². The number of amides is 1. The molecule has 0 atom stereocenters. The van der Waals surface area contributed by atoms with Gasteiger partial charge in [0.2, 0.25) is 0 Å². The molecule has 0 saturated heterocycles. The maximum absolute atomic E-state index is 12.8. The molecule has 1 amide bonds. The van der Waals surface area contributed by atoms with Crippen molar-refractivity contribution in [3.8, 4) is 0 Å². The van der Waals surface area contributed by atoms with Gasteiger partial charge in [-0.15, -0.1) is 0 Å². The lowest BCUT2D eigenvalue weighted by Crippen LogP contribution is -2.29. The monoisotopic (exact) mass is 374 g/mol. The predicted molar refractivity (Wildman–Crippen MR) is 113 cm³/mol. The Morgan fingerprint density at radius 1 is 1.11 bits per heavy atom. The van der Waals surface area contributed by atoms with Crippen LogP contribution in [0.2, 0.25) is 0 Å². The molecule has 28 heavy (non-hydrogen) atoms. The van der Waals surface area contributed by atoms with Crippen LogP contribution in [0, 0.1) is 6.92 Å². The van der Waals surface area contributed by atoms with Crippen LogP contribution in [-0.4, -0.2) is 34.4 Å². The van der Waals surface area contributed by atoms with Gasteiger partial charge >= 0.3 is 0 Å². The van der Waals surface area contributed by atoms with E-state index < -0.39 is 0 Å². The van der Waals surface area contributed by atoms with Crippen molar-refractivity contribution >= 4 is 17.3 Å². The summed E-state index contributed by atoms with van der Waals surface area (Å²) in [5.74, 6) is -0.0850. The van der Waals surface area contributed by atoms with E-state index in [4.69, 9.17) is 0 Å². The summed E-state index contributed by atoms with van der Waals surface area (Å²) >= 11 is 0. The van der Waals surface area contributed by atoms with E-state index in [1.54, 1.807) is 23.5 Å². The third kappa shape index (κ3) is 4.74. The van der Waals surface area contributed by atoms with Crippen LogP contribution in [0.1, 0.15) is 34.1 Å². The van der Waals surface area contributed by atoms with Crippen molar-refractivity contribution in [3.63, 3.8) is 0 Å². The van der Waals surface area contributed by atoms with Crippen LogP contribution in [0.4, 0.5) is 11.4 Å². The highest BCUT2D eigenvalue weighted by atomic mass is 16.2. The molecule has 0 spiro atoms. The normalized spacial score (nSPS) is 10.5. The van der Waals surface area contributed by atoms with E-state index in [9.17, 15) is 4.79 Å². The number of nitrogens with zero attached hydrogens (tertiary/aromatic N) is 3. The highest BCUT2D eigenvalue weighted by Crippen LogP contribution is 2.25. The van der Waals surface area contributed by atoms with Crippen molar-refractivity contribution in [3.05, 3.63) is 83.4 Å². The van der Waals surface area contributed by atoms with E-state index in [0.29, 0.717) is 12.2 Å². The summed E-state index contributed by atoms with van der Waals surface area (Å²) in [5.41, 5.74) is 5.99. The van der Waals surface area contributed by atoms with E-state index in [1.807, 2.05) is 31.3 Å². The van der Waals surface area contributed by atoms with Gasteiger partial charge in [-0.05, 0) is 60.7 Å². The Hall–Kier alpha value is -3.21. The highest BCUT2D eigenvalue weighted by Gasteiger charge is 2.14. The molecule has 0 aliphatic rings. The molecule has 0 saturated carbocycles. The van der Waals surface area contributed by atoms with Gasteiger partial charge in [-0.3, -0.25) is 14.8 Å². The average Bonchev–Trinajstić information content (AvgIpc) is 2.74. The summed E-state index contributed by atoms with van der Waals surface area (Å²) in [4.78, 5) is 22.8. The Morgan fingerprint density at radius 2 is 1.89 bits per heavy atom. The molecule has 0 unspecified atom stereocenters. The van der Waals surface area contributed by atoms with Crippen molar-refractivity contribution in [2.75, 3.05) is 18.9 Å². The largest absolute Gasteiger partial charge is 0.355 e. The molecule has 0 fully saturated rings. The molecule has 144 valence electrons. The predicted octanol–water partition coefficient (Wildman–Crippen LogP) is 4.41. The molecule has 0 radical (unpaired) electrons. The number of hydrogen-bond acceptors (Lipinski definition) is 4. The highest BCUT2D eigenvalue weighted by molar-refractivity contribution is 5.93. The molecule has 3 rings (SSSR count). The first-order chi connectivity index (χ1) is 13.6. The van der Waals surface area contributed by atoms with E-state index in [-0.39, 0.29) is 5.91 Å². The topological polar surface area (TPSA) is 58.1 Å². The molecule has 1 N–H and O–H groups in total. The summed E-state index contributed by atoms with van der Waals surface area (Å²) in [6.45, 7) is 4.85. The number of anilines is 2. The van der Waals surface area contributed by atoms with Crippen molar-refractivity contribution in [1.82, 2.24) is 14.9 Å². The number of hydrogen-bond donors (Lipinski definition) is 1. The number of rotatable bonds is 7. The van der Waals surface area contributed by atoms with E-state index in [0.717, 1.165) is 29.8 Å². The summed E-state index contributed by atoms with van der Waals surface area (Å²) in [6.07, 6.45) is 6.94. The third-order valence-electron chi connectivity index (χ3n) is 4.82. The minimum Gasteiger partial charge on any atom is -0.355 e. The molecule has 0 bridgehead atoms. The Morgan fingerprint density at radius 3 is 2.64 bits per heavy atom. The summed E-state index contributed by atoms with van der Waals surface area (Å²) in [6, 6.07) is 13.9. The standard InChI is InChI=1S/C23H26N4O/c1-4-19-7-5-6-17(2)22(19)26-20-10-14-25-21(16-20)23(28)27(3)15-11-18-8-12-24-13-9-18/h5-10,12-14,16H,4,11,15H2,1-3H3,(H,25,26). The second kappa shape index (κ2) is 9.13. The van der Waals surface area contributed by atoms with Crippen LogP contribution in [-0.2, 0) is 12.8 Å². The number of pyridine rings is 2. The fraction of sp³-hybridized carbons (Fsp3) is 0.261. The number of para-hydroxylation sites is 1. The Labute approximate surface area is 166 Å². The number of likely N-dealkylation sites (N-methyl/N-ethyl adjacent to an activating group) is 1. The number of aryl methyl sites for hydroxylation is 2. The zero-order valence-corrected chi connectivity index (χ0v) is 16.6. The summed E-state index contributed by atoms with van der Waals surface area (Å²) in [7, 11) is 1.81. The summed E-state index contributed by atoms with van der Waals surface area (Å²) < 4.78 is 0. The van der Waals surface area contributed by atoms with Crippen molar-refractivity contribution < 1.29 is 4.79 Å². The average molecular weight is 374 g/mol. The van der Waals surface area contributed by atoms with Crippen LogP contribution in [0.25, 0.3) is 0 Å². The maximum atomic E-state index is 12.8. The van der Waals surface area contributed by atoms with Crippen LogP contribution in [0.5, 0.6) is 0 Å². The molecule has 2 aromatic heterocycles. The zero-order chi connectivity index (χ0) is 19.9. The molecular formula is C23H26N4O. The van der Waals surface area contributed by atoms with Crippen LogP contribution in [0.15, 0.2) is 61.1 Å². The molecule has 0 aliphatic carbocycles. The molecule has 1 aromatic carbocycles. The number of carbonyl (C=O) groups is 1. The minimum absolute atomic E-state index is 0.0850. The van der Waals surface area contributed by atoms with Gasteiger partial charge in [-0.1, -0.05) is 25.1 Å². The number of benzene rings is 1. The van der Waals surface area contributed by atoms with Crippen molar-refractivity contribution in [2.45, 2.75) is 26.7 Å². The first-order valence-corrected chi connectivity index (χ1v) is 9.54. The van der Waals surface area contributed by atoms with Gasteiger partial charge in [0.1, 0.15) is 5.69 Å². The molecule has 3 aromatic rings. The SMILES string of the molecule is CCc1cccc(C)c1Nc1ccnc(C(=O)N(C)CCc2ccncc2)c1. The molecule has 0 aliphatic heterocycles. The van der Waals surface area contributed by atoms with Gasteiger partial charge < -0.3 is 10.2 Å². The smallest absolute Gasteiger partial charge is 0.272 e. The zero-order valence-electron chi connectivity index (χ0n) is 16.6. The van der Waals surface area contributed by atoms with Gasteiger partial charge in [0, 0.05) is 43.6 Å². The minimum atomic E-state index is -0.0850. The second-order valence-corrected chi connectivity index (χ2v) is 6.85.